The van der Waals surface area contributed by atoms with Crippen molar-refractivity contribution < 1.29 is 29.3 Å². The van der Waals surface area contributed by atoms with Crippen molar-refractivity contribution in [2.75, 3.05) is 13.2 Å². The molecule has 0 unspecified atom stereocenters. The van der Waals surface area contributed by atoms with Crippen molar-refractivity contribution in [1.82, 2.24) is 10.6 Å². The molecule has 0 aliphatic heterocycles. The van der Waals surface area contributed by atoms with Crippen molar-refractivity contribution in [2.45, 2.75) is 30.8 Å². The van der Waals surface area contributed by atoms with E-state index in [0.717, 1.165) is 22.3 Å². The van der Waals surface area contributed by atoms with Gasteiger partial charge in [0.25, 0.3) is 0 Å². The van der Waals surface area contributed by atoms with Crippen molar-refractivity contribution >= 4 is 18.0 Å². The van der Waals surface area contributed by atoms with Crippen molar-refractivity contribution in [2.24, 2.45) is 5.92 Å². The summed E-state index contributed by atoms with van der Waals surface area (Å²) in [7, 11) is 0. The van der Waals surface area contributed by atoms with Gasteiger partial charge in [-0.05, 0) is 35.1 Å². The Morgan fingerprint density at radius 3 is 2.13 bits per heavy atom. The normalized spacial score (nSPS) is 20.0. The third kappa shape index (κ3) is 4.25. The second kappa shape index (κ2) is 8.77. The highest BCUT2D eigenvalue weighted by atomic mass is 16.5. The number of aliphatic hydroxyl groups excluding tert-OH is 1. The number of alkyl carbamates (subject to hydrolysis) is 1. The highest BCUT2D eigenvalue weighted by Crippen LogP contribution is 2.44. The quantitative estimate of drug-likeness (QED) is 0.538. The highest BCUT2D eigenvalue weighted by molar-refractivity contribution is 5.86. The number of hydrogen-bond acceptors (Lipinski definition) is 5. The number of fused-ring (bicyclic) bond motifs is 3. The standard InChI is InChI=1S/C23H24N2O6/c26-11-20(22(28)29)25-21(27)13-9-14(10-13)24-23(30)31-12-19-17-7-3-1-5-15(17)16-6-2-4-8-18(16)19/h1-8,13-14,19-20,26H,9-12H2,(H,24,30)(H,25,27)(H,28,29)/t13?,14?,20-/m0/s1. The van der Waals surface area contributed by atoms with Gasteiger partial charge in [-0.3, -0.25) is 4.79 Å². The zero-order valence-electron chi connectivity index (χ0n) is 16.8. The zero-order valence-corrected chi connectivity index (χ0v) is 16.8. The average molecular weight is 424 g/mol. The van der Waals surface area contributed by atoms with Gasteiger partial charge in [-0.25, -0.2) is 9.59 Å². The molecule has 8 heteroatoms. The van der Waals surface area contributed by atoms with Gasteiger partial charge in [0.2, 0.25) is 5.91 Å². The summed E-state index contributed by atoms with van der Waals surface area (Å²) in [6.45, 7) is -0.456. The van der Waals surface area contributed by atoms with E-state index in [4.69, 9.17) is 14.9 Å². The van der Waals surface area contributed by atoms with Crippen LogP contribution in [0, 0.1) is 5.92 Å². The van der Waals surface area contributed by atoms with Gasteiger partial charge >= 0.3 is 12.1 Å². The van der Waals surface area contributed by atoms with Crippen molar-refractivity contribution in [3.05, 3.63) is 59.7 Å². The molecule has 2 aromatic carbocycles. The molecular formula is C23H24N2O6. The fourth-order valence-corrected chi connectivity index (χ4v) is 4.23. The van der Waals surface area contributed by atoms with Crippen LogP contribution in [0.3, 0.4) is 0 Å². The number of carbonyl (C=O) groups is 3. The minimum Gasteiger partial charge on any atom is -0.480 e. The Kier molecular flexibility index (Phi) is 5.90. The lowest BCUT2D eigenvalue weighted by Gasteiger charge is -2.34. The predicted octanol–water partition coefficient (Wildman–Crippen LogP) is 1.87. The maximum absolute atomic E-state index is 12.3. The van der Waals surface area contributed by atoms with E-state index >= 15 is 0 Å². The number of carbonyl (C=O) groups excluding carboxylic acids is 2. The number of carboxylic acids is 1. The van der Waals surface area contributed by atoms with Crippen LogP contribution in [0.4, 0.5) is 4.79 Å². The number of carboxylic acid groups (broad SMARTS) is 1. The summed E-state index contributed by atoms with van der Waals surface area (Å²) in [5, 5.41) is 22.9. The molecule has 1 saturated carbocycles. The summed E-state index contributed by atoms with van der Waals surface area (Å²) < 4.78 is 5.49. The Morgan fingerprint density at radius 2 is 1.58 bits per heavy atom. The van der Waals surface area contributed by atoms with Crippen LogP contribution in [-0.2, 0) is 14.3 Å². The van der Waals surface area contributed by atoms with Crippen LogP contribution in [0.1, 0.15) is 29.9 Å². The third-order valence-electron chi connectivity index (χ3n) is 5.97. The molecule has 0 bridgehead atoms. The maximum atomic E-state index is 12.3. The lowest BCUT2D eigenvalue weighted by molar-refractivity contribution is -0.144. The lowest BCUT2D eigenvalue weighted by Crippen LogP contribution is -2.53. The highest BCUT2D eigenvalue weighted by Gasteiger charge is 2.37. The molecule has 2 amide bonds. The number of aliphatic carboxylic acids is 1. The fraction of sp³-hybridized carbons (Fsp3) is 0.348. The monoisotopic (exact) mass is 424 g/mol. The first kappa shape index (κ1) is 20.9. The van der Waals surface area contributed by atoms with Gasteiger partial charge in [0.1, 0.15) is 12.6 Å². The van der Waals surface area contributed by atoms with E-state index in [1.54, 1.807) is 0 Å². The molecule has 1 atom stereocenters. The molecule has 1 fully saturated rings. The van der Waals surface area contributed by atoms with Crippen LogP contribution in [0.15, 0.2) is 48.5 Å². The van der Waals surface area contributed by atoms with Crippen LogP contribution in [0.5, 0.6) is 0 Å². The number of rotatable bonds is 7. The molecule has 2 aliphatic carbocycles. The molecule has 2 aliphatic rings. The summed E-state index contributed by atoms with van der Waals surface area (Å²) in [5.74, 6) is -2.15. The van der Waals surface area contributed by atoms with Gasteiger partial charge in [-0.2, -0.15) is 0 Å². The van der Waals surface area contributed by atoms with Gasteiger partial charge < -0.3 is 25.6 Å². The minimum atomic E-state index is -1.32. The van der Waals surface area contributed by atoms with Crippen molar-refractivity contribution in [1.29, 1.82) is 0 Å². The topological polar surface area (TPSA) is 125 Å². The summed E-state index contributed by atoms with van der Waals surface area (Å²) in [6, 6.07) is 14.7. The molecule has 4 rings (SSSR count). The number of ether oxygens (including phenoxy) is 1. The first-order valence-corrected chi connectivity index (χ1v) is 10.2. The van der Waals surface area contributed by atoms with Crippen LogP contribution in [0.25, 0.3) is 11.1 Å². The van der Waals surface area contributed by atoms with E-state index in [1.165, 1.54) is 0 Å². The first-order chi connectivity index (χ1) is 15.0. The summed E-state index contributed by atoms with van der Waals surface area (Å²) in [6.07, 6.45) is 0.256. The van der Waals surface area contributed by atoms with E-state index in [9.17, 15) is 14.4 Å². The Balaban J connectivity index is 1.27. The van der Waals surface area contributed by atoms with Crippen LogP contribution < -0.4 is 10.6 Å². The van der Waals surface area contributed by atoms with E-state index in [0.29, 0.717) is 12.8 Å². The fourth-order valence-electron chi connectivity index (χ4n) is 4.23. The average Bonchev–Trinajstić information content (AvgIpc) is 3.06. The first-order valence-electron chi connectivity index (χ1n) is 10.2. The smallest absolute Gasteiger partial charge is 0.407 e. The van der Waals surface area contributed by atoms with Gasteiger partial charge in [-0.1, -0.05) is 48.5 Å². The Labute approximate surface area is 179 Å². The van der Waals surface area contributed by atoms with E-state index < -0.39 is 36.5 Å². The van der Waals surface area contributed by atoms with Crippen molar-refractivity contribution in [3.63, 3.8) is 0 Å². The number of benzene rings is 2. The second-order valence-electron chi connectivity index (χ2n) is 7.92. The van der Waals surface area contributed by atoms with Crippen LogP contribution in [0.2, 0.25) is 0 Å². The number of aliphatic hydroxyl groups is 1. The lowest BCUT2D eigenvalue weighted by atomic mass is 9.79. The molecule has 0 saturated heterocycles. The molecule has 4 N–H and O–H groups in total. The Bertz CT molecular complexity index is 956. The maximum Gasteiger partial charge on any atom is 0.407 e. The molecule has 162 valence electrons. The summed E-state index contributed by atoms with van der Waals surface area (Å²) in [4.78, 5) is 35.2. The molecule has 8 nitrogen and oxygen atoms in total. The summed E-state index contributed by atoms with van der Waals surface area (Å²) in [5.41, 5.74) is 4.58. The number of amides is 2. The molecule has 0 spiro atoms. The Morgan fingerprint density at radius 1 is 1.00 bits per heavy atom. The molecule has 0 heterocycles. The van der Waals surface area contributed by atoms with Gasteiger partial charge in [0, 0.05) is 17.9 Å². The molecule has 0 radical (unpaired) electrons. The molecule has 2 aromatic rings. The Hall–Kier alpha value is -3.39. The molecule has 0 aromatic heterocycles. The SMILES string of the molecule is O=C(NC1CC(C(=O)N[C@@H](CO)C(=O)O)C1)OCC1c2ccccc2-c2ccccc21. The zero-order chi connectivity index (χ0) is 22.0. The van der Waals surface area contributed by atoms with E-state index in [2.05, 4.69) is 22.8 Å². The van der Waals surface area contributed by atoms with Crippen LogP contribution in [-0.4, -0.2) is 53.5 Å². The summed E-state index contributed by atoms with van der Waals surface area (Å²) >= 11 is 0. The van der Waals surface area contributed by atoms with Crippen LogP contribution >= 0.6 is 0 Å². The second-order valence-corrected chi connectivity index (χ2v) is 7.92. The molecule has 31 heavy (non-hydrogen) atoms. The third-order valence-corrected chi connectivity index (χ3v) is 5.97. The van der Waals surface area contributed by atoms with E-state index in [-0.39, 0.29) is 18.6 Å². The van der Waals surface area contributed by atoms with Crippen molar-refractivity contribution in [3.8, 4) is 11.1 Å². The van der Waals surface area contributed by atoms with Gasteiger partial charge in [0.15, 0.2) is 0 Å². The predicted molar refractivity (Wildman–Crippen MR) is 111 cm³/mol. The largest absolute Gasteiger partial charge is 0.480 e. The number of nitrogens with one attached hydrogen (secondary N) is 2. The van der Waals surface area contributed by atoms with E-state index in [1.807, 2.05) is 36.4 Å². The molecular weight excluding hydrogens is 400 g/mol. The number of hydrogen-bond donors (Lipinski definition) is 4. The van der Waals surface area contributed by atoms with Gasteiger partial charge in [0.05, 0.1) is 6.61 Å². The van der Waals surface area contributed by atoms with Gasteiger partial charge in [-0.15, -0.1) is 0 Å². The minimum absolute atomic E-state index is 0.0236.